The summed E-state index contributed by atoms with van der Waals surface area (Å²) >= 11 is 6.13. The number of guanidine groups is 1. The maximum Gasteiger partial charge on any atom is 0.305 e. The molecule has 0 radical (unpaired) electrons. The van der Waals surface area contributed by atoms with E-state index in [9.17, 15) is 9.59 Å². The van der Waals surface area contributed by atoms with Gasteiger partial charge in [-0.05, 0) is 42.1 Å². The van der Waals surface area contributed by atoms with Gasteiger partial charge in [-0.25, -0.2) is 0 Å². The highest BCUT2D eigenvalue weighted by Gasteiger charge is 2.28. The van der Waals surface area contributed by atoms with Crippen molar-refractivity contribution in [2.75, 3.05) is 26.3 Å². The Morgan fingerprint density at radius 2 is 2.00 bits per heavy atom. The minimum Gasteiger partial charge on any atom is -0.493 e. The van der Waals surface area contributed by atoms with Gasteiger partial charge in [0.25, 0.3) is 5.91 Å². The minimum atomic E-state index is -0.938. The largest absolute Gasteiger partial charge is 0.493 e. The molecule has 0 aliphatic heterocycles. The predicted octanol–water partition coefficient (Wildman–Crippen LogP) is 1.64. The molecular formula is C18H25ClN4O5. The van der Waals surface area contributed by atoms with Crippen molar-refractivity contribution < 1.29 is 24.3 Å². The number of carbonyl (C=O) groups is 2. The van der Waals surface area contributed by atoms with Gasteiger partial charge in [-0.3, -0.25) is 9.59 Å². The lowest BCUT2D eigenvalue weighted by molar-refractivity contribution is -0.137. The van der Waals surface area contributed by atoms with Crippen molar-refractivity contribution in [3.05, 3.63) is 28.8 Å². The van der Waals surface area contributed by atoms with Crippen molar-refractivity contribution in [1.82, 2.24) is 4.90 Å². The van der Waals surface area contributed by atoms with E-state index in [1.807, 2.05) is 0 Å². The number of hydrogen-bond acceptors (Lipinski definition) is 5. The fourth-order valence-electron chi connectivity index (χ4n) is 2.50. The molecule has 0 saturated heterocycles. The topological polar surface area (TPSA) is 140 Å². The molecule has 1 aromatic rings. The normalized spacial score (nSPS) is 12.9. The third-order valence-corrected chi connectivity index (χ3v) is 4.21. The van der Waals surface area contributed by atoms with Crippen LogP contribution in [-0.2, 0) is 9.63 Å². The number of ether oxygens (including phenoxy) is 1. The van der Waals surface area contributed by atoms with Crippen LogP contribution in [0.1, 0.15) is 36.0 Å². The number of carboxylic acid groups (broad SMARTS) is 1. The van der Waals surface area contributed by atoms with Crippen LogP contribution in [-0.4, -0.2) is 54.1 Å². The van der Waals surface area contributed by atoms with E-state index < -0.39 is 5.97 Å². The number of benzene rings is 1. The summed E-state index contributed by atoms with van der Waals surface area (Å²) in [6.45, 7) is 1.31. The van der Waals surface area contributed by atoms with Gasteiger partial charge in [-0.1, -0.05) is 11.6 Å². The van der Waals surface area contributed by atoms with Crippen LogP contribution in [0, 0.1) is 5.92 Å². The first-order chi connectivity index (χ1) is 13.3. The van der Waals surface area contributed by atoms with E-state index in [4.69, 9.17) is 37.7 Å². The molecule has 10 heteroatoms. The molecule has 9 nitrogen and oxygen atoms in total. The first-order valence-corrected chi connectivity index (χ1v) is 9.38. The molecule has 28 heavy (non-hydrogen) atoms. The summed E-state index contributed by atoms with van der Waals surface area (Å²) in [6.07, 6.45) is 2.54. The SMILES string of the molecule is NC(N)=NOCCCOc1cc(Cl)cc(C(=O)N(CCC(=O)O)CC2CC2)c1. The summed E-state index contributed by atoms with van der Waals surface area (Å²) in [5.74, 6) is -0.457. The predicted molar refractivity (Wildman–Crippen MR) is 104 cm³/mol. The van der Waals surface area contributed by atoms with Crippen LogP contribution in [0.5, 0.6) is 5.75 Å². The molecule has 1 fully saturated rings. The van der Waals surface area contributed by atoms with Crippen molar-refractivity contribution in [3.63, 3.8) is 0 Å². The number of oxime groups is 1. The number of carboxylic acids is 1. The third-order valence-electron chi connectivity index (χ3n) is 4.00. The number of nitrogens with two attached hydrogens (primary N) is 2. The van der Waals surface area contributed by atoms with Crippen molar-refractivity contribution in [3.8, 4) is 5.75 Å². The van der Waals surface area contributed by atoms with Crippen LogP contribution in [0.2, 0.25) is 5.02 Å². The molecule has 1 amide bonds. The Labute approximate surface area is 168 Å². The van der Waals surface area contributed by atoms with Crippen molar-refractivity contribution in [2.45, 2.75) is 25.7 Å². The van der Waals surface area contributed by atoms with E-state index in [2.05, 4.69) is 5.16 Å². The van der Waals surface area contributed by atoms with Gasteiger partial charge in [0.05, 0.1) is 13.0 Å². The smallest absolute Gasteiger partial charge is 0.305 e. The lowest BCUT2D eigenvalue weighted by Crippen LogP contribution is -2.34. The van der Waals surface area contributed by atoms with Crippen LogP contribution < -0.4 is 16.2 Å². The highest BCUT2D eigenvalue weighted by atomic mass is 35.5. The molecule has 1 aromatic carbocycles. The molecule has 1 aliphatic rings. The second kappa shape index (κ2) is 10.6. The van der Waals surface area contributed by atoms with Crippen molar-refractivity contribution in [1.29, 1.82) is 0 Å². The highest BCUT2D eigenvalue weighted by Crippen LogP contribution is 2.31. The number of halogens is 1. The summed E-state index contributed by atoms with van der Waals surface area (Å²) in [6, 6.07) is 4.77. The van der Waals surface area contributed by atoms with Crippen molar-refractivity contribution in [2.24, 2.45) is 22.5 Å². The average molecular weight is 413 g/mol. The van der Waals surface area contributed by atoms with E-state index in [1.165, 1.54) is 0 Å². The molecule has 154 valence electrons. The summed E-state index contributed by atoms with van der Waals surface area (Å²) in [4.78, 5) is 30.2. The van der Waals surface area contributed by atoms with E-state index in [0.717, 1.165) is 12.8 Å². The van der Waals surface area contributed by atoms with Gasteiger partial charge in [-0.2, -0.15) is 0 Å². The summed E-state index contributed by atoms with van der Waals surface area (Å²) in [7, 11) is 0. The fraction of sp³-hybridized carbons (Fsp3) is 0.500. The lowest BCUT2D eigenvalue weighted by atomic mass is 10.1. The van der Waals surface area contributed by atoms with Gasteiger partial charge in [0.1, 0.15) is 12.4 Å². The maximum absolute atomic E-state index is 12.9. The van der Waals surface area contributed by atoms with Gasteiger partial charge >= 0.3 is 5.97 Å². The molecule has 0 heterocycles. The van der Waals surface area contributed by atoms with Crippen LogP contribution >= 0.6 is 11.6 Å². The molecule has 5 N–H and O–H groups in total. The second-order valence-corrected chi connectivity index (χ2v) is 7.00. The van der Waals surface area contributed by atoms with Crippen LogP contribution in [0.15, 0.2) is 23.4 Å². The quantitative estimate of drug-likeness (QED) is 0.205. The number of rotatable bonds is 12. The zero-order chi connectivity index (χ0) is 20.5. The van der Waals surface area contributed by atoms with Gasteiger partial charge in [0.2, 0.25) is 5.96 Å². The number of aliphatic carboxylic acids is 1. The van der Waals surface area contributed by atoms with Crippen molar-refractivity contribution >= 4 is 29.4 Å². The van der Waals surface area contributed by atoms with E-state index >= 15 is 0 Å². The zero-order valence-corrected chi connectivity index (χ0v) is 16.2. The Hall–Kier alpha value is -2.68. The molecule has 1 aliphatic carbocycles. The number of nitrogens with zero attached hydrogens (tertiary/aromatic N) is 2. The minimum absolute atomic E-state index is 0.0990. The first kappa shape index (κ1) is 21.6. The monoisotopic (exact) mass is 412 g/mol. The molecule has 0 spiro atoms. The Morgan fingerprint density at radius 1 is 1.25 bits per heavy atom. The lowest BCUT2D eigenvalue weighted by Gasteiger charge is -2.22. The van der Waals surface area contributed by atoms with Gasteiger partial charge in [0.15, 0.2) is 0 Å². The number of amides is 1. The van der Waals surface area contributed by atoms with E-state index in [1.54, 1.807) is 23.1 Å². The Morgan fingerprint density at radius 3 is 2.64 bits per heavy atom. The summed E-state index contributed by atoms with van der Waals surface area (Å²) < 4.78 is 5.62. The number of carbonyl (C=O) groups excluding carboxylic acids is 1. The molecule has 0 unspecified atom stereocenters. The molecule has 0 aromatic heterocycles. The maximum atomic E-state index is 12.9. The molecular weight excluding hydrogens is 388 g/mol. The Balaban J connectivity index is 1.95. The average Bonchev–Trinajstić information content (AvgIpc) is 3.44. The Kier molecular flexibility index (Phi) is 8.19. The second-order valence-electron chi connectivity index (χ2n) is 6.57. The molecule has 1 saturated carbocycles. The standard InChI is InChI=1S/C18H25ClN4O5/c19-14-8-13(9-15(10-14)27-6-1-7-28-22-18(20)21)17(26)23(5-4-16(24)25)11-12-2-3-12/h8-10,12H,1-7,11H2,(H,24,25)(H4,20,21,22). The first-order valence-electron chi connectivity index (χ1n) is 9.00. The number of hydrogen-bond donors (Lipinski definition) is 3. The Bertz CT molecular complexity index is 720. The summed E-state index contributed by atoms with van der Waals surface area (Å²) in [5.41, 5.74) is 10.7. The zero-order valence-electron chi connectivity index (χ0n) is 15.5. The van der Waals surface area contributed by atoms with Gasteiger partial charge in [-0.15, -0.1) is 0 Å². The summed E-state index contributed by atoms with van der Waals surface area (Å²) in [5, 5.41) is 12.7. The van der Waals surface area contributed by atoms with E-state index in [-0.39, 0.29) is 31.4 Å². The van der Waals surface area contributed by atoms with E-state index in [0.29, 0.717) is 41.8 Å². The molecule has 0 bridgehead atoms. The third kappa shape index (κ3) is 7.91. The van der Waals surface area contributed by atoms with Crippen LogP contribution in [0.4, 0.5) is 0 Å². The van der Waals surface area contributed by atoms with Gasteiger partial charge < -0.3 is 31.0 Å². The molecule has 0 atom stereocenters. The van der Waals surface area contributed by atoms with Crippen LogP contribution in [0.25, 0.3) is 0 Å². The molecule has 2 rings (SSSR count). The van der Waals surface area contributed by atoms with Gasteiger partial charge in [0, 0.05) is 30.1 Å². The fourth-order valence-corrected chi connectivity index (χ4v) is 2.73. The highest BCUT2D eigenvalue weighted by molar-refractivity contribution is 6.31. The van der Waals surface area contributed by atoms with Crippen LogP contribution in [0.3, 0.4) is 0 Å².